The van der Waals surface area contributed by atoms with Crippen LogP contribution in [0, 0.1) is 13.8 Å². The van der Waals surface area contributed by atoms with Gasteiger partial charge in [-0.15, -0.1) is 0 Å². The number of benzene rings is 1. The van der Waals surface area contributed by atoms with E-state index in [9.17, 15) is 4.79 Å². The molecule has 2 heterocycles. The highest BCUT2D eigenvalue weighted by Crippen LogP contribution is 2.32. The zero-order valence-corrected chi connectivity index (χ0v) is 13.5. The molecular formula is C17H21N3O2. The Morgan fingerprint density at radius 2 is 2.05 bits per heavy atom. The summed E-state index contributed by atoms with van der Waals surface area (Å²) >= 11 is 0. The fourth-order valence-electron chi connectivity index (χ4n) is 2.66. The van der Waals surface area contributed by atoms with Crippen molar-refractivity contribution in [2.75, 3.05) is 11.4 Å². The number of amides is 1. The first-order chi connectivity index (χ1) is 10.5. The molecule has 0 bridgehead atoms. The van der Waals surface area contributed by atoms with Crippen LogP contribution in [0.15, 0.2) is 22.7 Å². The van der Waals surface area contributed by atoms with Crippen LogP contribution in [0.3, 0.4) is 0 Å². The molecule has 1 fully saturated rings. The number of hydrogen-bond donors (Lipinski definition) is 0. The third-order valence-corrected chi connectivity index (χ3v) is 4.25. The number of anilines is 1. The molecule has 2 aromatic rings. The minimum Gasteiger partial charge on any atom is -0.339 e. The molecular weight excluding hydrogens is 278 g/mol. The number of aromatic nitrogens is 2. The highest BCUT2D eigenvalue weighted by atomic mass is 16.5. The Bertz CT molecular complexity index is 706. The van der Waals surface area contributed by atoms with E-state index in [0.29, 0.717) is 24.7 Å². The normalized spacial score (nSPS) is 18.5. The molecule has 5 nitrogen and oxygen atoms in total. The van der Waals surface area contributed by atoms with Crippen LogP contribution in [0.1, 0.15) is 54.9 Å². The Morgan fingerprint density at radius 3 is 2.68 bits per heavy atom. The first-order valence-corrected chi connectivity index (χ1v) is 7.67. The van der Waals surface area contributed by atoms with Crippen LogP contribution in [0.2, 0.25) is 0 Å². The number of carbonyl (C=O) groups is 1. The molecule has 22 heavy (non-hydrogen) atoms. The van der Waals surface area contributed by atoms with Gasteiger partial charge < -0.3 is 9.42 Å². The highest BCUT2D eigenvalue weighted by Gasteiger charge is 2.35. The molecule has 1 aliphatic rings. The molecule has 0 radical (unpaired) electrons. The van der Waals surface area contributed by atoms with E-state index in [-0.39, 0.29) is 17.7 Å². The molecule has 0 spiro atoms. The van der Waals surface area contributed by atoms with Crippen LogP contribution in [0.4, 0.5) is 5.69 Å². The van der Waals surface area contributed by atoms with E-state index in [1.165, 1.54) is 11.1 Å². The monoisotopic (exact) mass is 299 g/mol. The molecule has 0 unspecified atom stereocenters. The van der Waals surface area contributed by atoms with E-state index in [0.717, 1.165) is 5.69 Å². The second-order valence-corrected chi connectivity index (χ2v) is 6.32. The number of nitrogens with zero attached hydrogens (tertiary/aromatic N) is 3. The summed E-state index contributed by atoms with van der Waals surface area (Å²) in [5, 5.41) is 3.99. The van der Waals surface area contributed by atoms with Gasteiger partial charge in [-0.25, -0.2) is 0 Å². The average Bonchev–Trinajstić information content (AvgIpc) is 3.08. The van der Waals surface area contributed by atoms with Gasteiger partial charge in [-0.05, 0) is 37.1 Å². The third-order valence-electron chi connectivity index (χ3n) is 4.25. The second-order valence-electron chi connectivity index (χ2n) is 6.32. The smallest absolute Gasteiger partial charge is 0.232 e. The summed E-state index contributed by atoms with van der Waals surface area (Å²) in [5.74, 6) is 1.59. The van der Waals surface area contributed by atoms with Crippen molar-refractivity contribution in [3.8, 4) is 0 Å². The van der Waals surface area contributed by atoms with E-state index >= 15 is 0 Å². The SMILES string of the molecule is Cc1ccc(N2C[C@H](c3nc(C(C)C)no3)CC2=O)cc1C. The van der Waals surface area contributed by atoms with Gasteiger partial charge in [-0.1, -0.05) is 25.1 Å². The first-order valence-electron chi connectivity index (χ1n) is 7.67. The van der Waals surface area contributed by atoms with Crippen molar-refractivity contribution in [3.63, 3.8) is 0 Å². The van der Waals surface area contributed by atoms with Gasteiger partial charge in [0.05, 0.1) is 5.92 Å². The van der Waals surface area contributed by atoms with Gasteiger partial charge in [-0.2, -0.15) is 4.98 Å². The lowest BCUT2D eigenvalue weighted by atomic mass is 10.1. The molecule has 5 heteroatoms. The van der Waals surface area contributed by atoms with Crippen molar-refractivity contribution < 1.29 is 9.32 Å². The third kappa shape index (κ3) is 2.63. The van der Waals surface area contributed by atoms with Crippen LogP contribution in [-0.2, 0) is 4.79 Å². The van der Waals surface area contributed by atoms with Crippen LogP contribution >= 0.6 is 0 Å². The summed E-state index contributed by atoms with van der Waals surface area (Å²) in [5.41, 5.74) is 3.36. The first kappa shape index (κ1) is 14.8. The van der Waals surface area contributed by atoms with Crippen molar-refractivity contribution in [2.45, 2.75) is 46.0 Å². The van der Waals surface area contributed by atoms with Gasteiger partial charge in [0.15, 0.2) is 5.82 Å². The number of rotatable bonds is 3. The maximum atomic E-state index is 12.3. The van der Waals surface area contributed by atoms with E-state index in [4.69, 9.17) is 4.52 Å². The molecule has 1 atom stereocenters. The molecule has 116 valence electrons. The Hall–Kier alpha value is -2.17. The van der Waals surface area contributed by atoms with E-state index in [1.807, 2.05) is 24.8 Å². The van der Waals surface area contributed by atoms with Gasteiger partial charge >= 0.3 is 0 Å². The molecule has 1 amide bonds. The lowest BCUT2D eigenvalue weighted by molar-refractivity contribution is -0.117. The van der Waals surface area contributed by atoms with Gasteiger partial charge in [0.2, 0.25) is 11.8 Å². The van der Waals surface area contributed by atoms with Crippen LogP contribution in [0.25, 0.3) is 0 Å². The summed E-state index contributed by atoms with van der Waals surface area (Å²) in [7, 11) is 0. The molecule has 3 rings (SSSR count). The summed E-state index contributed by atoms with van der Waals surface area (Å²) in [4.78, 5) is 18.6. The van der Waals surface area contributed by atoms with Gasteiger partial charge in [0.25, 0.3) is 0 Å². The van der Waals surface area contributed by atoms with Crippen molar-refractivity contribution >= 4 is 11.6 Å². The zero-order valence-electron chi connectivity index (χ0n) is 13.5. The van der Waals surface area contributed by atoms with E-state index in [2.05, 4.69) is 36.1 Å². The zero-order chi connectivity index (χ0) is 15.9. The summed E-state index contributed by atoms with van der Waals surface area (Å²) in [6.07, 6.45) is 0.423. The predicted octanol–water partition coefficient (Wildman–Crippen LogP) is 3.33. The predicted molar refractivity (Wildman–Crippen MR) is 84.0 cm³/mol. The molecule has 0 N–H and O–H groups in total. The maximum absolute atomic E-state index is 12.3. The molecule has 0 saturated carbocycles. The lowest BCUT2D eigenvalue weighted by Crippen LogP contribution is -2.24. The van der Waals surface area contributed by atoms with Crippen molar-refractivity contribution in [1.29, 1.82) is 0 Å². The van der Waals surface area contributed by atoms with Crippen molar-refractivity contribution in [3.05, 3.63) is 41.0 Å². The largest absolute Gasteiger partial charge is 0.339 e. The van der Waals surface area contributed by atoms with Crippen LogP contribution in [-0.4, -0.2) is 22.6 Å². The fraction of sp³-hybridized carbons (Fsp3) is 0.471. The Morgan fingerprint density at radius 1 is 1.27 bits per heavy atom. The molecule has 1 aromatic carbocycles. The quantitative estimate of drug-likeness (QED) is 0.872. The lowest BCUT2D eigenvalue weighted by Gasteiger charge is -2.17. The minimum absolute atomic E-state index is 0.0193. The summed E-state index contributed by atoms with van der Waals surface area (Å²) < 4.78 is 5.35. The van der Waals surface area contributed by atoms with Crippen LogP contribution < -0.4 is 4.90 Å². The average molecular weight is 299 g/mol. The number of hydrogen-bond acceptors (Lipinski definition) is 4. The summed E-state index contributed by atoms with van der Waals surface area (Å²) in [6.45, 7) is 8.77. The molecule has 1 saturated heterocycles. The Balaban J connectivity index is 1.81. The van der Waals surface area contributed by atoms with E-state index in [1.54, 1.807) is 0 Å². The molecule has 1 aromatic heterocycles. The van der Waals surface area contributed by atoms with Gasteiger partial charge in [0, 0.05) is 24.6 Å². The summed E-state index contributed by atoms with van der Waals surface area (Å²) in [6, 6.07) is 6.10. The fourth-order valence-corrected chi connectivity index (χ4v) is 2.66. The Labute approximate surface area is 130 Å². The highest BCUT2D eigenvalue weighted by molar-refractivity contribution is 5.96. The number of aryl methyl sites for hydroxylation is 2. The Kier molecular flexibility index (Phi) is 3.72. The van der Waals surface area contributed by atoms with Crippen molar-refractivity contribution in [1.82, 2.24) is 10.1 Å². The van der Waals surface area contributed by atoms with Crippen molar-refractivity contribution in [2.24, 2.45) is 0 Å². The molecule has 0 aliphatic carbocycles. The van der Waals surface area contributed by atoms with E-state index < -0.39 is 0 Å². The van der Waals surface area contributed by atoms with Crippen LogP contribution in [0.5, 0.6) is 0 Å². The van der Waals surface area contributed by atoms with Gasteiger partial charge in [0.1, 0.15) is 0 Å². The standard InChI is InChI=1S/C17H21N3O2/c1-10(2)16-18-17(22-19-16)13-8-15(21)20(9-13)14-6-5-11(3)12(4)7-14/h5-7,10,13H,8-9H2,1-4H3/t13-/m1/s1. The molecule has 1 aliphatic heterocycles. The second kappa shape index (κ2) is 5.55. The maximum Gasteiger partial charge on any atom is 0.232 e. The topological polar surface area (TPSA) is 59.2 Å². The number of carbonyl (C=O) groups excluding carboxylic acids is 1. The minimum atomic E-state index is -0.0193. The van der Waals surface area contributed by atoms with Gasteiger partial charge in [-0.3, -0.25) is 4.79 Å².